The molecule has 1 aromatic rings. The third-order valence-electron chi connectivity index (χ3n) is 2.20. The second-order valence-corrected chi connectivity index (χ2v) is 6.20. The van der Waals surface area contributed by atoms with E-state index in [9.17, 15) is 4.79 Å². The number of nitrogens with zero attached hydrogens (tertiary/aromatic N) is 1. The van der Waals surface area contributed by atoms with Crippen LogP contribution in [0.4, 0.5) is 0 Å². The van der Waals surface area contributed by atoms with Gasteiger partial charge in [0.05, 0.1) is 10.7 Å². The van der Waals surface area contributed by atoms with Crippen molar-refractivity contribution in [2.45, 2.75) is 47.0 Å². The van der Waals surface area contributed by atoms with Crippen molar-refractivity contribution in [3.63, 3.8) is 0 Å². The standard InChI is InChI=1S/C12H19NOS/c1-9-13-10(8-15-9)7-11(14)5-6-12(2,3)4/h8H,5-7H2,1-4H3. The number of carbonyl (C=O) groups is 1. The second kappa shape index (κ2) is 4.88. The molecule has 0 aliphatic carbocycles. The highest BCUT2D eigenvalue weighted by Gasteiger charge is 2.13. The van der Waals surface area contributed by atoms with E-state index in [-0.39, 0.29) is 5.41 Å². The summed E-state index contributed by atoms with van der Waals surface area (Å²) in [6, 6.07) is 0. The molecule has 0 saturated carbocycles. The molecule has 1 rings (SSSR count). The lowest BCUT2D eigenvalue weighted by Gasteiger charge is -2.16. The lowest BCUT2D eigenvalue weighted by molar-refractivity contribution is -0.119. The molecule has 0 aliphatic heterocycles. The number of hydrogen-bond acceptors (Lipinski definition) is 3. The molecule has 0 amide bonds. The number of thiazole rings is 1. The van der Waals surface area contributed by atoms with Crippen LogP contribution in [-0.2, 0) is 11.2 Å². The molecule has 0 atom stereocenters. The van der Waals surface area contributed by atoms with Crippen LogP contribution in [0.1, 0.15) is 44.3 Å². The maximum Gasteiger partial charge on any atom is 0.138 e. The highest BCUT2D eigenvalue weighted by molar-refractivity contribution is 7.09. The van der Waals surface area contributed by atoms with Gasteiger partial charge in [-0.1, -0.05) is 20.8 Å². The molecule has 0 N–H and O–H groups in total. The SMILES string of the molecule is Cc1nc(CC(=O)CCC(C)(C)C)cs1. The van der Waals surface area contributed by atoms with Gasteiger partial charge in [-0.25, -0.2) is 4.98 Å². The molecule has 0 radical (unpaired) electrons. The normalized spacial score (nSPS) is 11.7. The third kappa shape index (κ3) is 5.07. The Morgan fingerprint density at radius 1 is 1.47 bits per heavy atom. The molecule has 84 valence electrons. The van der Waals surface area contributed by atoms with Gasteiger partial charge in [0.1, 0.15) is 5.78 Å². The van der Waals surface area contributed by atoms with E-state index in [4.69, 9.17) is 0 Å². The molecule has 0 unspecified atom stereocenters. The fourth-order valence-electron chi connectivity index (χ4n) is 1.29. The van der Waals surface area contributed by atoms with Crippen molar-refractivity contribution in [1.29, 1.82) is 0 Å². The van der Waals surface area contributed by atoms with Crippen LogP contribution in [0.3, 0.4) is 0 Å². The predicted molar refractivity (Wildman–Crippen MR) is 64.3 cm³/mol. The third-order valence-corrected chi connectivity index (χ3v) is 3.02. The van der Waals surface area contributed by atoms with Crippen LogP contribution in [0, 0.1) is 12.3 Å². The summed E-state index contributed by atoms with van der Waals surface area (Å²) in [5, 5.41) is 3.01. The topological polar surface area (TPSA) is 30.0 Å². The Morgan fingerprint density at radius 2 is 2.13 bits per heavy atom. The molecule has 0 bridgehead atoms. The molecule has 3 heteroatoms. The first-order valence-electron chi connectivity index (χ1n) is 5.29. The molecule has 1 aromatic heterocycles. The molecular formula is C12H19NOS. The molecule has 0 spiro atoms. The van der Waals surface area contributed by atoms with Crippen LogP contribution < -0.4 is 0 Å². The van der Waals surface area contributed by atoms with Gasteiger partial charge in [-0.2, -0.15) is 0 Å². The van der Waals surface area contributed by atoms with E-state index in [1.807, 2.05) is 12.3 Å². The number of aryl methyl sites for hydroxylation is 1. The Balaban J connectivity index is 2.37. The first kappa shape index (κ1) is 12.4. The van der Waals surface area contributed by atoms with E-state index in [0.717, 1.165) is 17.1 Å². The summed E-state index contributed by atoms with van der Waals surface area (Å²) >= 11 is 1.61. The van der Waals surface area contributed by atoms with Crippen molar-refractivity contribution in [2.75, 3.05) is 0 Å². The quantitative estimate of drug-likeness (QED) is 0.786. The lowest BCUT2D eigenvalue weighted by atomic mass is 9.89. The van der Waals surface area contributed by atoms with Crippen molar-refractivity contribution in [3.05, 3.63) is 16.1 Å². The maximum atomic E-state index is 11.6. The van der Waals surface area contributed by atoms with Gasteiger partial charge in [0.15, 0.2) is 0 Å². The Labute approximate surface area is 95.7 Å². The molecule has 2 nitrogen and oxygen atoms in total. The average molecular weight is 225 g/mol. The van der Waals surface area contributed by atoms with Crippen LogP contribution in [0.25, 0.3) is 0 Å². The predicted octanol–water partition coefficient (Wildman–Crippen LogP) is 3.39. The highest BCUT2D eigenvalue weighted by Crippen LogP contribution is 2.21. The summed E-state index contributed by atoms with van der Waals surface area (Å²) < 4.78 is 0. The summed E-state index contributed by atoms with van der Waals surface area (Å²) in [6.07, 6.45) is 2.12. The molecule has 0 saturated heterocycles. The number of Topliss-reactive ketones (excluding diaryl/α,β-unsaturated/α-hetero) is 1. The van der Waals surface area contributed by atoms with E-state index in [0.29, 0.717) is 18.6 Å². The first-order valence-corrected chi connectivity index (χ1v) is 6.17. The summed E-state index contributed by atoms with van der Waals surface area (Å²) in [6.45, 7) is 8.45. The maximum absolute atomic E-state index is 11.6. The lowest BCUT2D eigenvalue weighted by Crippen LogP contribution is -2.10. The van der Waals surface area contributed by atoms with E-state index in [1.54, 1.807) is 11.3 Å². The van der Waals surface area contributed by atoms with Crippen molar-refractivity contribution >= 4 is 17.1 Å². The van der Waals surface area contributed by atoms with Gasteiger partial charge in [-0.05, 0) is 18.8 Å². The van der Waals surface area contributed by atoms with E-state index < -0.39 is 0 Å². The smallest absolute Gasteiger partial charge is 0.138 e. The van der Waals surface area contributed by atoms with Gasteiger partial charge in [0.25, 0.3) is 0 Å². The summed E-state index contributed by atoms with van der Waals surface area (Å²) in [5.74, 6) is 0.301. The Bertz CT molecular complexity index is 336. The number of aromatic nitrogens is 1. The number of rotatable bonds is 4. The minimum absolute atomic E-state index is 0.244. The molecule has 15 heavy (non-hydrogen) atoms. The molecule has 0 aliphatic rings. The van der Waals surface area contributed by atoms with Gasteiger partial charge in [-0.3, -0.25) is 4.79 Å². The largest absolute Gasteiger partial charge is 0.299 e. The second-order valence-electron chi connectivity index (χ2n) is 5.13. The van der Waals surface area contributed by atoms with Gasteiger partial charge in [0.2, 0.25) is 0 Å². The Morgan fingerprint density at radius 3 is 2.60 bits per heavy atom. The first-order chi connectivity index (χ1) is 6.87. The van der Waals surface area contributed by atoms with Crippen molar-refractivity contribution < 1.29 is 4.79 Å². The monoisotopic (exact) mass is 225 g/mol. The van der Waals surface area contributed by atoms with Crippen LogP contribution >= 0.6 is 11.3 Å². The van der Waals surface area contributed by atoms with Gasteiger partial charge >= 0.3 is 0 Å². The highest BCUT2D eigenvalue weighted by atomic mass is 32.1. The van der Waals surface area contributed by atoms with E-state index in [2.05, 4.69) is 25.8 Å². The Kier molecular flexibility index (Phi) is 4.03. The zero-order chi connectivity index (χ0) is 11.5. The molecular weight excluding hydrogens is 206 g/mol. The average Bonchev–Trinajstić information content (AvgIpc) is 2.47. The fraction of sp³-hybridized carbons (Fsp3) is 0.667. The van der Waals surface area contributed by atoms with Crippen molar-refractivity contribution in [2.24, 2.45) is 5.41 Å². The van der Waals surface area contributed by atoms with Crippen molar-refractivity contribution in [3.8, 4) is 0 Å². The van der Waals surface area contributed by atoms with Crippen LogP contribution in [-0.4, -0.2) is 10.8 Å². The van der Waals surface area contributed by atoms with E-state index >= 15 is 0 Å². The van der Waals surface area contributed by atoms with Crippen LogP contribution in [0.15, 0.2) is 5.38 Å². The molecule has 1 heterocycles. The fourth-order valence-corrected chi connectivity index (χ4v) is 1.91. The van der Waals surface area contributed by atoms with Crippen LogP contribution in [0.5, 0.6) is 0 Å². The van der Waals surface area contributed by atoms with Gasteiger partial charge in [0, 0.05) is 18.2 Å². The molecule has 0 aromatic carbocycles. The summed E-state index contributed by atoms with van der Waals surface area (Å²) in [4.78, 5) is 15.9. The van der Waals surface area contributed by atoms with Crippen molar-refractivity contribution in [1.82, 2.24) is 4.98 Å². The number of carbonyl (C=O) groups excluding carboxylic acids is 1. The Hall–Kier alpha value is -0.700. The van der Waals surface area contributed by atoms with Gasteiger partial charge in [-0.15, -0.1) is 11.3 Å². The van der Waals surface area contributed by atoms with Gasteiger partial charge < -0.3 is 0 Å². The number of hydrogen-bond donors (Lipinski definition) is 0. The minimum Gasteiger partial charge on any atom is -0.299 e. The summed E-state index contributed by atoms with van der Waals surface area (Å²) in [7, 11) is 0. The van der Waals surface area contributed by atoms with E-state index in [1.165, 1.54) is 0 Å². The van der Waals surface area contributed by atoms with Crippen LogP contribution in [0.2, 0.25) is 0 Å². The minimum atomic E-state index is 0.244. The zero-order valence-electron chi connectivity index (χ0n) is 9.96. The number of ketones is 1. The summed E-state index contributed by atoms with van der Waals surface area (Å²) in [5.41, 5.74) is 1.17. The molecule has 0 fully saturated rings. The zero-order valence-corrected chi connectivity index (χ0v) is 10.8.